The average Bonchev–Trinajstić information content (AvgIpc) is 2.97. The zero-order valence-electron chi connectivity index (χ0n) is 13.3. The molecule has 0 unspecified atom stereocenters. The van der Waals surface area contributed by atoms with Crippen molar-refractivity contribution in [1.29, 1.82) is 0 Å². The molecular weight excluding hydrogens is 316 g/mol. The van der Waals surface area contributed by atoms with E-state index < -0.39 is 0 Å². The van der Waals surface area contributed by atoms with Gasteiger partial charge in [0.05, 0.1) is 7.11 Å². The standard InChI is InChI=1S/C16H20N4O2.ClH/c1-11-14(16(21)20-8-6-17-7-9-20)19-15(18-11)12-4-3-5-13(10-12)22-2;/h3-5,10,17H,6-9H2,1-2H3,(H,18,19);1H. The van der Waals surface area contributed by atoms with Crippen LogP contribution in [0.2, 0.25) is 0 Å². The third-order valence-corrected chi connectivity index (χ3v) is 3.83. The largest absolute Gasteiger partial charge is 0.497 e. The summed E-state index contributed by atoms with van der Waals surface area (Å²) >= 11 is 0. The van der Waals surface area contributed by atoms with Crippen LogP contribution in [0.4, 0.5) is 0 Å². The van der Waals surface area contributed by atoms with E-state index in [2.05, 4.69) is 15.3 Å². The second kappa shape index (κ2) is 7.48. The van der Waals surface area contributed by atoms with Crippen LogP contribution in [0.1, 0.15) is 16.2 Å². The van der Waals surface area contributed by atoms with Crippen LogP contribution in [0.25, 0.3) is 11.4 Å². The quantitative estimate of drug-likeness (QED) is 0.897. The van der Waals surface area contributed by atoms with Crippen LogP contribution < -0.4 is 10.1 Å². The fraction of sp³-hybridized carbons (Fsp3) is 0.375. The number of nitrogens with zero attached hydrogens (tertiary/aromatic N) is 2. The molecule has 0 atom stereocenters. The van der Waals surface area contributed by atoms with Crippen molar-refractivity contribution in [2.24, 2.45) is 0 Å². The molecule has 3 rings (SSSR count). The maximum Gasteiger partial charge on any atom is 0.274 e. The van der Waals surface area contributed by atoms with Gasteiger partial charge in [-0.15, -0.1) is 12.4 Å². The Bertz CT molecular complexity index is 680. The monoisotopic (exact) mass is 336 g/mol. The molecule has 0 aliphatic carbocycles. The second-order valence-corrected chi connectivity index (χ2v) is 5.33. The summed E-state index contributed by atoms with van der Waals surface area (Å²) in [4.78, 5) is 22.1. The number of aryl methyl sites for hydroxylation is 1. The van der Waals surface area contributed by atoms with Crippen molar-refractivity contribution in [1.82, 2.24) is 20.2 Å². The number of piperazine rings is 1. The number of halogens is 1. The van der Waals surface area contributed by atoms with Gasteiger partial charge in [-0.1, -0.05) is 12.1 Å². The zero-order valence-corrected chi connectivity index (χ0v) is 14.1. The highest BCUT2D eigenvalue weighted by Crippen LogP contribution is 2.23. The summed E-state index contributed by atoms with van der Waals surface area (Å²) in [5.41, 5.74) is 2.20. The number of ether oxygens (including phenoxy) is 1. The highest BCUT2D eigenvalue weighted by molar-refractivity contribution is 5.94. The van der Waals surface area contributed by atoms with E-state index in [0.717, 1.165) is 43.2 Å². The first-order valence-corrected chi connectivity index (χ1v) is 7.40. The molecule has 0 bridgehead atoms. The van der Waals surface area contributed by atoms with Gasteiger partial charge in [-0.2, -0.15) is 0 Å². The third-order valence-electron chi connectivity index (χ3n) is 3.83. The van der Waals surface area contributed by atoms with Crippen molar-refractivity contribution in [2.45, 2.75) is 6.92 Å². The molecule has 0 radical (unpaired) electrons. The number of hydrogen-bond donors (Lipinski definition) is 2. The molecule has 1 aliphatic heterocycles. The van der Waals surface area contributed by atoms with Gasteiger partial charge in [-0.05, 0) is 19.1 Å². The number of imidazole rings is 1. The maximum absolute atomic E-state index is 12.6. The van der Waals surface area contributed by atoms with Crippen LogP contribution >= 0.6 is 12.4 Å². The normalized spacial score (nSPS) is 14.3. The van der Waals surface area contributed by atoms with Crippen LogP contribution in [0, 0.1) is 6.92 Å². The summed E-state index contributed by atoms with van der Waals surface area (Å²) in [6.07, 6.45) is 0. The predicted octanol–water partition coefficient (Wildman–Crippen LogP) is 1.86. The average molecular weight is 337 g/mol. The topological polar surface area (TPSA) is 70.2 Å². The first-order valence-electron chi connectivity index (χ1n) is 7.40. The summed E-state index contributed by atoms with van der Waals surface area (Å²) in [5, 5.41) is 3.24. The van der Waals surface area contributed by atoms with E-state index in [-0.39, 0.29) is 18.3 Å². The molecule has 7 heteroatoms. The fourth-order valence-electron chi connectivity index (χ4n) is 2.59. The van der Waals surface area contributed by atoms with Crippen LogP contribution in [0.3, 0.4) is 0 Å². The van der Waals surface area contributed by atoms with Crippen LogP contribution in [0.5, 0.6) is 5.75 Å². The number of H-pyrrole nitrogens is 1. The number of carbonyl (C=O) groups is 1. The molecule has 23 heavy (non-hydrogen) atoms. The molecule has 1 aromatic carbocycles. The van der Waals surface area contributed by atoms with E-state index in [4.69, 9.17) is 4.74 Å². The number of carbonyl (C=O) groups excluding carboxylic acids is 1. The number of hydrogen-bond acceptors (Lipinski definition) is 4. The molecule has 1 amide bonds. The van der Waals surface area contributed by atoms with Gasteiger partial charge in [0.1, 0.15) is 17.3 Å². The molecule has 2 heterocycles. The number of methoxy groups -OCH3 is 1. The van der Waals surface area contributed by atoms with Crippen molar-refractivity contribution in [3.8, 4) is 17.1 Å². The van der Waals surface area contributed by atoms with Gasteiger partial charge in [0, 0.05) is 37.4 Å². The summed E-state index contributed by atoms with van der Waals surface area (Å²) in [5.74, 6) is 1.45. The Morgan fingerprint density at radius 1 is 1.30 bits per heavy atom. The number of nitrogens with one attached hydrogen (secondary N) is 2. The molecule has 1 saturated heterocycles. The van der Waals surface area contributed by atoms with Gasteiger partial charge < -0.3 is 19.9 Å². The van der Waals surface area contributed by atoms with Gasteiger partial charge in [0.15, 0.2) is 0 Å². The van der Waals surface area contributed by atoms with Crippen molar-refractivity contribution >= 4 is 18.3 Å². The molecule has 6 nitrogen and oxygen atoms in total. The molecule has 1 aliphatic rings. The lowest BCUT2D eigenvalue weighted by atomic mass is 10.2. The van der Waals surface area contributed by atoms with E-state index in [1.54, 1.807) is 7.11 Å². The molecular formula is C16H21ClN4O2. The Hall–Kier alpha value is -2.05. The van der Waals surface area contributed by atoms with Crippen molar-refractivity contribution in [3.63, 3.8) is 0 Å². The molecule has 0 spiro atoms. The van der Waals surface area contributed by atoms with Crippen molar-refractivity contribution in [2.75, 3.05) is 33.3 Å². The first kappa shape index (κ1) is 17.3. The van der Waals surface area contributed by atoms with Crippen LogP contribution in [-0.4, -0.2) is 54.1 Å². The number of rotatable bonds is 3. The summed E-state index contributed by atoms with van der Waals surface area (Å²) < 4.78 is 5.23. The minimum absolute atomic E-state index is 0. The van der Waals surface area contributed by atoms with E-state index in [1.807, 2.05) is 36.1 Å². The van der Waals surface area contributed by atoms with Crippen LogP contribution in [-0.2, 0) is 0 Å². The lowest BCUT2D eigenvalue weighted by Gasteiger charge is -2.26. The smallest absolute Gasteiger partial charge is 0.274 e. The minimum Gasteiger partial charge on any atom is -0.497 e. The summed E-state index contributed by atoms with van der Waals surface area (Å²) in [7, 11) is 1.63. The van der Waals surface area contributed by atoms with Gasteiger partial charge in [-0.3, -0.25) is 4.79 Å². The third kappa shape index (κ3) is 3.65. The Morgan fingerprint density at radius 3 is 2.74 bits per heavy atom. The predicted molar refractivity (Wildman–Crippen MR) is 91.3 cm³/mol. The van der Waals surface area contributed by atoms with Crippen molar-refractivity contribution < 1.29 is 9.53 Å². The Labute approximate surface area is 141 Å². The Kier molecular flexibility index (Phi) is 5.63. The lowest BCUT2D eigenvalue weighted by molar-refractivity contribution is 0.0729. The number of aromatic nitrogens is 2. The summed E-state index contributed by atoms with van der Waals surface area (Å²) in [6, 6.07) is 7.63. The van der Waals surface area contributed by atoms with E-state index in [1.165, 1.54) is 0 Å². The minimum atomic E-state index is -0.00982. The van der Waals surface area contributed by atoms with E-state index in [9.17, 15) is 4.79 Å². The van der Waals surface area contributed by atoms with Crippen LogP contribution in [0.15, 0.2) is 24.3 Å². The molecule has 0 saturated carbocycles. The molecule has 2 N–H and O–H groups in total. The lowest BCUT2D eigenvalue weighted by Crippen LogP contribution is -2.46. The van der Waals surface area contributed by atoms with Gasteiger partial charge in [0.2, 0.25) is 0 Å². The van der Waals surface area contributed by atoms with Gasteiger partial charge in [0.25, 0.3) is 5.91 Å². The molecule has 124 valence electrons. The highest BCUT2D eigenvalue weighted by Gasteiger charge is 2.23. The zero-order chi connectivity index (χ0) is 15.5. The number of benzene rings is 1. The van der Waals surface area contributed by atoms with E-state index in [0.29, 0.717) is 11.5 Å². The second-order valence-electron chi connectivity index (χ2n) is 5.33. The SMILES string of the molecule is COc1cccc(-c2nc(C(=O)N3CCNCC3)c(C)[nH]2)c1.Cl. The van der Waals surface area contributed by atoms with Gasteiger partial charge >= 0.3 is 0 Å². The van der Waals surface area contributed by atoms with Crippen molar-refractivity contribution in [3.05, 3.63) is 35.7 Å². The van der Waals surface area contributed by atoms with Gasteiger partial charge in [-0.25, -0.2) is 4.98 Å². The Morgan fingerprint density at radius 2 is 2.04 bits per heavy atom. The Balaban J connectivity index is 0.00000192. The van der Waals surface area contributed by atoms with E-state index >= 15 is 0 Å². The number of aromatic amines is 1. The number of amides is 1. The maximum atomic E-state index is 12.6. The summed E-state index contributed by atoms with van der Waals surface area (Å²) in [6.45, 7) is 4.99. The molecule has 1 fully saturated rings. The highest BCUT2D eigenvalue weighted by atomic mass is 35.5. The fourth-order valence-corrected chi connectivity index (χ4v) is 2.59. The molecule has 1 aromatic heterocycles. The molecule has 2 aromatic rings. The first-order chi connectivity index (χ1) is 10.7.